The highest BCUT2D eigenvalue weighted by atomic mass is 79.9. The van der Waals surface area contributed by atoms with Gasteiger partial charge in [0.1, 0.15) is 5.75 Å². The second kappa shape index (κ2) is 5.81. The largest absolute Gasteiger partial charge is 0.506 e. The molecule has 5 heteroatoms. The lowest BCUT2D eigenvalue weighted by Gasteiger charge is -2.30. The van der Waals surface area contributed by atoms with Crippen LogP contribution >= 0.6 is 31.9 Å². The second-order valence-corrected chi connectivity index (χ2v) is 6.74. The molecule has 0 unspecified atom stereocenters. The third kappa shape index (κ3) is 2.72. The quantitative estimate of drug-likeness (QED) is 0.751. The highest BCUT2D eigenvalue weighted by Gasteiger charge is 2.27. The Hall–Kier alpha value is -1.33. The highest BCUT2D eigenvalue weighted by Crippen LogP contribution is 2.37. The third-order valence-electron chi connectivity index (χ3n) is 3.60. The summed E-state index contributed by atoms with van der Waals surface area (Å²) in [6.07, 6.45) is 1.78. The van der Waals surface area contributed by atoms with Crippen LogP contribution in [-0.4, -0.2) is 17.6 Å². The summed E-state index contributed by atoms with van der Waals surface area (Å²) in [5, 5.41) is 10.1. The molecule has 2 aromatic carbocycles. The molecule has 3 nitrogen and oxygen atoms in total. The molecule has 0 aliphatic carbocycles. The molecule has 1 heterocycles. The molecular formula is C16H13Br2NO2. The van der Waals surface area contributed by atoms with E-state index in [9.17, 15) is 9.90 Å². The fourth-order valence-electron chi connectivity index (χ4n) is 2.64. The Morgan fingerprint density at radius 1 is 1.19 bits per heavy atom. The van der Waals surface area contributed by atoms with Gasteiger partial charge in [-0.1, -0.05) is 28.1 Å². The van der Waals surface area contributed by atoms with Gasteiger partial charge in [-0.15, -0.1) is 0 Å². The number of hydrogen-bond acceptors (Lipinski definition) is 2. The number of carbonyl (C=O) groups excluding carboxylic acids is 1. The first kappa shape index (κ1) is 14.6. The van der Waals surface area contributed by atoms with Gasteiger partial charge in [-0.25, -0.2) is 0 Å². The van der Waals surface area contributed by atoms with Gasteiger partial charge < -0.3 is 10.0 Å². The Morgan fingerprint density at radius 2 is 2.00 bits per heavy atom. The van der Waals surface area contributed by atoms with Gasteiger partial charge in [0.15, 0.2) is 0 Å². The molecule has 1 N–H and O–H groups in total. The molecular weight excluding hydrogens is 398 g/mol. The smallest absolute Gasteiger partial charge is 0.259 e. The number of nitrogens with zero attached hydrogens (tertiary/aromatic N) is 1. The number of rotatable bonds is 1. The van der Waals surface area contributed by atoms with Gasteiger partial charge in [-0.3, -0.25) is 4.79 Å². The van der Waals surface area contributed by atoms with E-state index in [-0.39, 0.29) is 11.7 Å². The zero-order chi connectivity index (χ0) is 15.0. The van der Waals surface area contributed by atoms with Crippen LogP contribution in [0, 0.1) is 0 Å². The summed E-state index contributed by atoms with van der Waals surface area (Å²) in [5.74, 6) is 0.0531. The number of aryl methyl sites for hydroxylation is 1. The molecule has 1 aliphatic heterocycles. The van der Waals surface area contributed by atoms with Crippen LogP contribution in [0.3, 0.4) is 0 Å². The van der Waals surface area contributed by atoms with Crippen LogP contribution in [0.1, 0.15) is 22.3 Å². The summed E-state index contributed by atoms with van der Waals surface area (Å²) < 4.78 is 1.60. The van der Waals surface area contributed by atoms with Crippen molar-refractivity contribution in [2.45, 2.75) is 12.8 Å². The predicted molar refractivity (Wildman–Crippen MR) is 89.9 cm³/mol. The summed E-state index contributed by atoms with van der Waals surface area (Å²) in [7, 11) is 0. The van der Waals surface area contributed by atoms with Crippen LogP contribution < -0.4 is 4.90 Å². The molecule has 0 fully saturated rings. The van der Waals surface area contributed by atoms with Crippen LogP contribution in [0.4, 0.5) is 5.69 Å². The van der Waals surface area contributed by atoms with E-state index in [2.05, 4.69) is 31.9 Å². The van der Waals surface area contributed by atoms with Crippen LogP contribution in [0.5, 0.6) is 5.75 Å². The summed E-state index contributed by atoms with van der Waals surface area (Å²) in [6.45, 7) is 0.613. The minimum atomic E-state index is -0.106. The molecule has 1 aliphatic rings. The van der Waals surface area contributed by atoms with E-state index in [0.29, 0.717) is 17.8 Å². The van der Waals surface area contributed by atoms with Crippen molar-refractivity contribution < 1.29 is 9.90 Å². The van der Waals surface area contributed by atoms with Crippen molar-refractivity contribution in [2.24, 2.45) is 0 Å². The summed E-state index contributed by atoms with van der Waals surface area (Å²) in [6, 6.07) is 10.9. The van der Waals surface area contributed by atoms with Crippen molar-refractivity contribution in [2.75, 3.05) is 11.4 Å². The first-order chi connectivity index (χ1) is 10.1. The minimum absolute atomic E-state index is 0.106. The Kier molecular flexibility index (Phi) is 4.04. The molecule has 21 heavy (non-hydrogen) atoms. The number of anilines is 1. The number of phenols is 1. The van der Waals surface area contributed by atoms with Crippen molar-refractivity contribution >= 4 is 43.5 Å². The molecule has 0 atom stereocenters. The van der Waals surface area contributed by atoms with Crippen LogP contribution in [-0.2, 0) is 6.42 Å². The standard InChI is InChI=1S/C16H13Br2NO2/c17-11-6-7-13(18)12(9-11)16(21)19-8-2-4-10-3-1-5-14(20)15(10)19/h1,3,5-7,9,20H,2,4,8H2. The van der Waals surface area contributed by atoms with E-state index in [1.54, 1.807) is 17.0 Å². The second-order valence-electron chi connectivity index (χ2n) is 4.97. The lowest BCUT2D eigenvalue weighted by Crippen LogP contribution is -2.35. The van der Waals surface area contributed by atoms with Crippen molar-refractivity contribution in [3.8, 4) is 5.75 Å². The number of benzene rings is 2. The Bertz CT molecular complexity index is 715. The number of phenolic OH excluding ortho intramolecular Hbond substituents is 1. The van der Waals surface area contributed by atoms with Gasteiger partial charge in [0.2, 0.25) is 0 Å². The third-order valence-corrected chi connectivity index (χ3v) is 4.78. The van der Waals surface area contributed by atoms with E-state index >= 15 is 0 Å². The number of carbonyl (C=O) groups is 1. The fraction of sp³-hybridized carbons (Fsp3) is 0.188. The maximum absolute atomic E-state index is 12.9. The molecule has 2 aromatic rings. The van der Waals surface area contributed by atoms with Gasteiger partial charge in [-0.2, -0.15) is 0 Å². The maximum Gasteiger partial charge on any atom is 0.259 e. The van der Waals surface area contributed by atoms with Crippen molar-refractivity contribution in [3.05, 3.63) is 56.5 Å². The van der Waals surface area contributed by atoms with Gasteiger partial charge in [0, 0.05) is 15.5 Å². The molecule has 0 saturated carbocycles. The van der Waals surface area contributed by atoms with Crippen molar-refractivity contribution in [3.63, 3.8) is 0 Å². The molecule has 0 bridgehead atoms. The van der Waals surface area contributed by atoms with Crippen LogP contribution in [0.15, 0.2) is 45.3 Å². The predicted octanol–water partition coefficient (Wildman–Crippen LogP) is 4.51. The SMILES string of the molecule is O=C(c1cc(Br)ccc1Br)N1CCCc2cccc(O)c21. The Morgan fingerprint density at radius 3 is 2.81 bits per heavy atom. The van der Waals surface area contributed by atoms with E-state index < -0.39 is 0 Å². The molecule has 0 spiro atoms. The summed E-state index contributed by atoms with van der Waals surface area (Å²) >= 11 is 6.82. The Balaban J connectivity index is 2.06. The molecule has 108 valence electrons. The zero-order valence-corrected chi connectivity index (χ0v) is 14.3. The summed E-state index contributed by atoms with van der Waals surface area (Å²) in [4.78, 5) is 14.5. The number of fused-ring (bicyclic) bond motifs is 1. The molecule has 0 saturated heterocycles. The number of hydrogen-bond donors (Lipinski definition) is 1. The van der Waals surface area contributed by atoms with E-state index in [1.165, 1.54) is 0 Å². The normalized spacial score (nSPS) is 13.9. The number of amides is 1. The molecule has 1 amide bonds. The lowest BCUT2D eigenvalue weighted by molar-refractivity contribution is 0.0983. The van der Waals surface area contributed by atoms with Gasteiger partial charge in [0.05, 0.1) is 11.3 Å². The number of aromatic hydroxyl groups is 1. The zero-order valence-electron chi connectivity index (χ0n) is 11.1. The van der Waals surface area contributed by atoms with E-state index in [1.807, 2.05) is 24.3 Å². The van der Waals surface area contributed by atoms with Crippen LogP contribution in [0.2, 0.25) is 0 Å². The Labute approximate surface area is 139 Å². The molecule has 0 aromatic heterocycles. The first-order valence-corrected chi connectivity index (χ1v) is 8.24. The first-order valence-electron chi connectivity index (χ1n) is 6.65. The highest BCUT2D eigenvalue weighted by molar-refractivity contribution is 9.11. The minimum Gasteiger partial charge on any atom is -0.506 e. The van der Waals surface area contributed by atoms with Crippen molar-refractivity contribution in [1.29, 1.82) is 0 Å². The van der Waals surface area contributed by atoms with E-state index in [0.717, 1.165) is 27.4 Å². The average Bonchev–Trinajstić information content (AvgIpc) is 2.49. The molecule has 3 rings (SSSR count). The lowest BCUT2D eigenvalue weighted by atomic mass is 10.00. The van der Waals surface area contributed by atoms with Crippen molar-refractivity contribution in [1.82, 2.24) is 0 Å². The van der Waals surface area contributed by atoms with Gasteiger partial charge >= 0.3 is 0 Å². The number of halogens is 2. The fourth-order valence-corrected chi connectivity index (χ4v) is 3.42. The monoisotopic (exact) mass is 409 g/mol. The van der Waals surface area contributed by atoms with Gasteiger partial charge in [-0.05, 0) is 58.6 Å². The van der Waals surface area contributed by atoms with E-state index in [4.69, 9.17) is 0 Å². The van der Waals surface area contributed by atoms with Crippen LogP contribution in [0.25, 0.3) is 0 Å². The topological polar surface area (TPSA) is 40.5 Å². The maximum atomic E-state index is 12.9. The average molecular weight is 411 g/mol. The summed E-state index contributed by atoms with van der Waals surface area (Å²) in [5.41, 5.74) is 2.24. The van der Waals surface area contributed by atoms with Gasteiger partial charge in [0.25, 0.3) is 5.91 Å². The molecule has 0 radical (unpaired) electrons. The number of para-hydroxylation sites is 1.